The lowest BCUT2D eigenvalue weighted by Crippen LogP contribution is -2.32. The molecule has 0 saturated carbocycles. The van der Waals surface area contributed by atoms with Gasteiger partial charge in [0, 0.05) is 19.6 Å². The van der Waals surface area contributed by atoms with Gasteiger partial charge < -0.3 is 16.0 Å². The van der Waals surface area contributed by atoms with Crippen LogP contribution in [-0.4, -0.2) is 38.1 Å². The van der Waals surface area contributed by atoms with E-state index in [1.165, 1.54) is 5.57 Å². The lowest BCUT2D eigenvalue weighted by Gasteiger charge is -2.24. The summed E-state index contributed by atoms with van der Waals surface area (Å²) < 4.78 is 0. The van der Waals surface area contributed by atoms with Crippen LogP contribution in [0.3, 0.4) is 0 Å². The van der Waals surface area contributed by atoms with Crippen molar-refractivity contribution in [3.05, 3.63) is 23.9 Å². The molecule has 0 fully saturated rings. The number of nitrogens with two attached hydrogens (primary N) is 1. The third kappa shape index (κ3) is 3.20. The number of allylic oxidation sites excluding steroid dienone is 2. The van der Waals surface area contributed by atoms with Crippen molar-refractivity contribution < 1.29 is 0 Å². The fourth-order valence-electron chi connectivity index (χ4n) is 1.43. The van der Waals surface area contributed by atoms with Gasteiger partial charge in [0.1, 0.15) is 0 Å². The molecule has 0 bridgehead atoms. The van der Waals surface area contributed by atoms with E-state index in [4.69, 9.17) is 5.73 Å². The lowest BCUT2D eigenvalue weighted by molar-refractivity contribution is 0.467. The summed E-state index contributed by atoms with van der Waals surface area (Å²) >= 11 is 0. The Labute approximate surface area is 80.3 Å². The number of likely N-dealkylation sites (N-methyl/N-ethyl adjacent to an activating group) is 1. The van der Waals surface area contributed by atoms with Gasteiger partial charge in [-0.1, -0.05) is 6.08 Å². The number of hydrogen-bond donors (Lipinski definition) is 2. The minimum Gasteiger partial charge on any atom is -0.376 e. The van der Waals surface area contributed by atoms with Gasteiger partial charge in [0.25, 0.3) is 0 Å². The smallest absolute Gasteiger partial charge is 0.0398 e. The number of nitrogens with zero attached hydrogens (tertiary/aromatic N) is 1. The predicted octanol–water partition coefficient (Wildman–Crippen LogP) is 0.309. The van der Waals surface area contributed by atoms with Crippen molar-refractivity contribution in [1.82, 2.24) is 10.2 Å². The fourth-order valence-corrected chi connectivity index (χ4v) is 1.43. The highest BCUT2D eigenvalue weighted by Crippen LogP contribution is 2.10. The van der Waals surface area contributed by atoms with E-state index in [9.17, 15) is 0 Å². The third-order valence-corrected chi connectivity index (χ3v) is 2.26. The average molecular weight is 181 g/mol. The van der Waals surface area contributed by atoms with Crippen LogP contribution in [0.25, 0.3) is 0 Å². The highest BCUT2D eigenvalue weighted by atomic mass is 15.1. The van der Waals surface area contributed by atoms with Crippen LogP contribution in [0.4, 0.5) is 0 Å². The Hall–Kier alpha value is -0.800. The van der Waals surface area contributed by atoms with Crippen LogP contribution < -0.4 is 11.1 Å². The maximum Gasteiger partial charge on any atom is 0.0398 e. The zero-order valence-electron chi connectivity index (χ0n) is 8.46. The topological polar surface area (TPSA) is 41.3 Å². The van der Waals surface area contributed by atoms with Crippen molar-refractivity contribution in [2.24, 2.45) is 5.73 Å². The molecule has 0 aromatic heterocycles. The van der Waals surface area contributed by atoms with Crippen molar-refractivity contribution in [1.29, 1.82) is 0 Å². The molecule has 1 unspecified atom stereocenters. The Kier molecular flexibility index (Phi) is 3.99. The SMILES string of the molecule is CNCCC(N)C1=CC=CN(C)C1. The molecule has 0 spiro atoms. The van der Waals surface area contributed by atoms with Crippen molar-refractivity contribution >= 4 is 0 Å². The highest BCUT2D eigenvalue weighted by molar-refractivity contribution is 5.22. The summed E-state index contributed by atoms with van der Waals surface area (Å²) in [7, 11) is 4.02. The molecule has 0 aromatic carbocycles. The molecular weight excluding hydrogens is 162 g/mol. The Morgan fingerprint density at radius 3 is 3.08 bits per heavy atom. The van der Waals surface area contributed by atoms with Gasteiger partial charge in [-0.15, -0.1) is 0 Å². The summed E-state index contributed by atoms with van der Waals surface area (Å²) in [4.78, 5) is 2.15. The van der Waals surface area contributed by atoms with Gasteiger partial charge in [0.15, 0.2) is 0 Å². The lowest BCUT2D eigenvalue weighted by atomic mass is 10.0. The Bertz CT molecular complexity index is 208. The van der Waals surface area contributed by atoms with Crippen LogP contribution in [0, 0.1) is 0 Å². The Morgan fingerprint density at radius 2 is 2.46 bits per heavy atom. The second kappa shape index (κ2) is 5.04. The number of nitrogens with one attached hydrogen (secondary N) is 1. The van der Waals surface area contributed by atoms with Crippen LogP contribution in [0.1, 0.15) is 6.42 Å². The molecule has 0 aromatic rings. The molecule has 1 aliphatic heterocycles. The molecule has 13 heavy (non-hydrogen) atoms. The van der Waals surface area contributed by atoms with Gasteiger partial charge >= 0.3 is 0 Å². The van der Waals surface area contributed by atoms with E-state index in [0.717, 1.165) is 19.5 Å². The highest BCUT2D eigenvalue weighted by Gasteiger charge is 2.11. The molecule has 74 valence electrons. The maximum atomic E-state index is 6.03. The van der Waals surface area contributed by atoms with Crippen molar-refractivity contribution in [2.45, 2.75) is 12.5 Å². The number of rotatable bonds is 4. The summed E-state index contributed by atoms with van der Waals surface area (Å²) in [6.45, 7) is 1.94. The Balaban J connectivity index is 2.42. The summed E-state index contributed by atoms with van der Waals surface area (Å²) in [6, 6.07) is 0.194. The molecule has 0 aliphatic carbocycles. The van der Waals surface area contributed by atoms with E-state index < -0.39 is 0 Å². The van der Waals surface area contributed by atoms with E-state index in [-0.39, 0.29) is 6.04 Å². The first-order valence-corrected chi connectivity index (χ1v) is 4.71. The van der Waals surface area contributed by atoms with Gasteiger partial charge in [-0.25, -0.2) is 0 Å². The Morgan fingerprint density at radius 1 is 1.69 bits per heavy atom. The molecule has 3 nitrogen and oxygen atoms in total. The fraction of sp³-hybridized carbons (Fsp3) is 0.600. The van der Waals surface area contributed by atoms with Gasteiger partial charge in [-0.2, -0.15) is 0 Å². The van der Waals surface area contributed by atoms with Crippen molar-refractivity contribution in [3.63, 3.8) is 0 Å². The molecule has 0 radical (unpaired) electrons. The standard InChI is InChI=1S/C10H19N3/c1-12-6-5-10(11)9-4-3-7-13(2)8-9/h3-4,7,10,12H,5-6,8,11H2,1-2H3. The van der Waals surface area contributed by atoms with E-state index in [1.54, 1.807) is 0 Å². The van der Waals surface area contributed by atoms with Crippen molar-refractivity contribution in [3.8, 4) is 0 Å². The van der Waals surface area contributed by atoms with Crippen LogP contribution in [0.2, 0.25) is 0 Å². The zero-order valence-corrected chi connectivity index (χ0v) is 8.46. The molecule has 1 heterocycles. The quantitative estimate of drug-likeness (QED) is 0.656. The second-order valence-corrected chi connectivity index (χ2v) is 3.50. The molecule has 0 amide bonds. The minimum absolute atomic E-state index is 0.194. The van der Waals surface area contributed by atoms with E-state index in [1.807, 2.05) is 7.05 Å². The van der Waals surface area contributed by atoms with E-state index in [2.05, 4.69) is 35.6 Å². The van der Waals surface area contributed by atoms with Crippen LogP contribution in [0.15, 0.2) is 23.9 Å². The molecule has 1 atom stereocenters. The summed E-state index contributed by atoms with van der Waals surface area (Å²) in [5.74, 6) is 0. The van der Waals surface area contributed by atoms with Crippen LogP contribution in [-0.2, 0) is 0 Å². The summed E-state index contributed by atoms with van der Waals surface area (Å²) in [5.41, 5.74) is 7.35. The predicted molar refractivity (Wildman–Crippen MR) is 56.4 cm³/mol. The van der Waals surface area contributed by atoms with Crippen molar-refractivity contribution in [2.75, 3.05) is 27.2 Å². The first-order valence-electron chi connectivity index (χ1n) is 4.71. The second-order valence-electron chi connectivity index (χ2n) is 3.50. The van der Waals surface area contributed by atoms with Gasteiger partial charge in [0.05, 0.1) is 0 Å². The van der Waals surface area contributed by atoms with Gasteiger partial charge in [-0.3, -0.25) is 0 Å². The molecule has 3 N–H and O–H groups in total. The van der Waals surface area contributed by atoms with E-state index in [0.29, 0.717) is 0 Å². The summed E-state index contributed by atoms with van der Waals surface area (Å²) in [6.07, 6.45) is 7.25. The molecular formula is C10H19N3. The van der Waals surface area contributed by atoms with Crippen LogP contribution in [0.5, 0.6) is 0 Å². The first-order chi connectivity index (χ1) is 6.24. The molecule has 0 saturated heterocycles. The average Bonchev–Trinajstić information content (AvgIpc) is 2.14. The monoisotopic (exact) mass is 181 g/mol. The largest absolute Gasteiger partial charge is 0.376 e. The van der Waals surface area contributed by atoms with Gasteiger partial charge in [-0.05, 0) is 37.9 Å². The third-order valence-electron chi connectivity index (χ3n) is 2.26. The normalized spacial score (nSPS) is 18.7. The minimum atomic E-state index is 0.194. The molecule has 1 aliphatic rings. The maximum absolute atomic E-state index is 6.03. The summed E-state index contributed by atoms with van der Waals surface area (Å²) in [5, 5.41) is 3.11. The van der Waals surface area contributed by atoms with Gasteiger partial charge in [0.2, 0.25) is 0 Å². The molecule has 1 rings (SSSR count). The van der Waals surface area contributed by atoms with Crippen LogP contribution >= 0.6 is 0 Å². The first kappa shape index (κ1) is 10.3. The molecule has 3 heteroatoms. The zero-order chi connectivity index (χ0) is 9.68. The number of hydrogen-bond acceptors (Lipinski definition) is 3. The van der Waals surface area contributed by atoms with E-state index >= 15 is 0 Å².